The number of aromatic nitrogens is 2. The number of aliphatic hydroxyl groups is 1. The molecule has 2 heterocycles. The fourth-order valence-corrected chi connectivity index (χ4v) is 4.67. The summed E-state index contributed by atoms with van der Waals surface area (Å²) in [4.78, 5) is 13.0. The standard InChI is InChI=1S/C24H25ClF2N4O2/c1-31-23(19(25)12-29-31)14-2-4-15(5-3-14)24(33)30-22-13-28-17(8-9-32)11-18(22)16-6-7-20(26)21(27)10-16/h2-7,10,12,17-18,22,28,32H,8-9,11,13H2,1H3,(H,30,33)/t17?,18-,22+/m0/s1. The van der Waals surface area contributed by atoms with E-state index in [9.17, 15) is 18.7 Å². The first kappa shape index (κ1) is 23.4. The van der Waals surface area contributed by atoms with E-state index in [-0.39, 0.29) is 30.5 Å². The van der Waals surface area contributed by atoms with Crippen molar-refractivity contribution in [2.75, 3.05) is 13.2 Å². The lowest BCUT2D eigenvalue weighted by Crippen LogP contribution is -2.53. The molecule has 4 rings (SSSR count). The van der Waals surface area contributed by atoms with Crippen LogP contribution in [-0.2, 0) is 7.05 Å². The van der Waals surface area contributed by atoms with Crippen LogP contribution in [0.15, 0.2) is 48.7 Å². The van der Waals surface area contributed by atoms with Gasteiger partial charge in [0.1, 0.15) is 0 Å². The number of aliphatic hydroxyl groups excluding tert-OH is 1. The zero-order valence-corrected chi connectivity index (χ0v) is 18.8. The molecule has 1 saturated heterocycles. The topological polar surface area (TPSA) is 79.2 Å². The van der Waals surface area contributed by atoms with E-state index in [2.05, 4.69) is 15.7 Å². The Labute approximate surface area is 195 Å². The Bertz CT molecular complexity index is 1120. The highest BCUT2D eigenvalue weighted by Gasteiger charge is 2.33. The molecular formula is C24H25ClF2N4O2. The van der Waals surface area contributed by atoms with Crippen LogP contribution in [0.25, 0.3) is 11.3 Å². The Kier molecular flexibility index (Phi) is 7.07. The quantitative estimate of drug-likeness (QED) is 0.509. The van der Waals surface area contributed by atoms with E-state index in [1.54, 1.807) is 48.3 Å². The summed E-state index contributed by atoms with van der Waals surface area (Å²) in [6.45, 7) is 0.467. The summed E-state index contributed by atoms with van der Waals surface area (Å²) in [6, 6.07) is 10.6. The van der Waals surface area contributed by atoms with Gasteiger partial charge >= 0.3 is 0 Å². The lowest BCUT2D eigenvalue weighted by molar-refractivity contribution is 0.0916. The molecule has 1 aliphatic heterocycles. The first-order chi connectivity index (χ1) is 15.9. The second kappa shape index (κ2) is 9.99. The molecule has 1 unspecified atom stereocenters. The number of hydrogen-bond donors (Lipinski definition) is 3. The van der Waals surface area contributed by atoms with Crippen LogP contribution in [0.1, 0.15) is 34.7 Å². The number of rotatable bonds is 6. The summed E-state index contributed by atoms with van der Waals surface area (Å²) in [7, 11) is 1.79. The largest absolute Gasteiger partial charge is 0.396 e. The van der Waals surface area contributed by atoms with Gasteiger partial charge in [-0.05, 0) is 42.7 Å². The Morgan fingerprint density at radius 3 is 2.64 bits per heavy atom. The van der Waals surface area contributed by atoms with E-state index in [4.69, 9.17) is 11.6 Å². The maximum atomic E-state index is 13.9. The van der Waals surface area contributed by atoms with Gasteiger partial charge in [-0.15, -0.1) is 0 Å². The molecule has 0 saturated carbocycles. The molecule has 3 atom stereocenters. The molecule has 6 nitrogen and oxygen atoms in total. The minimum Gasteiger partial charge on any atom is -0.396 e. The fraction of sp³-hybridized carbons (Fsp3) is 0.333. The highest BCUT2D eigenvalue weighted by molar-refractivity contribution is 6.33. The van der Waals surface area contributed by atoms with Gasteiger partial charge in [0.2, 0.25) is 0 Å². The van der Waals surface area contributed by atoms with Crippen molar-refractivity contribution in [2.45, 2.75) is 30.8 Å². The minimum absolute atomic E-state index is 0.0178. The molecule has 174 valence electrons. The molecule has 1 aromatic heterocycles. The van der Waals surface area contributed by atoms with Crippen LogP contribution >= 0.6 is 11.6 Å². The molecule has 0 radical (unpaired) electrons. The van der Waals surface area contributed by atoms with Gasteiger partial charge in [-0.3, -0.25) is 9.48 Å². The van der Waals surface area contributed by atoms with Gasteiger partial charge in [0.05, 0.1) is 16.9 Å². The number of amides is 1. The van der Waals surface area contributed by atoms with Crippen molar-refractivity contribution in [3.8, 4) is 11.3 Å². The molecule has 1 fully saturated rings. The number of hydrogen-bond acceptors (Lipinski definition) is 4. The molecule has 0 spiro atoms. The number of aryl methyl sites for hydroxylation is 1. The molecule has 1 aliphatic rings. The van der Waals surface area contributed by atoms with Crippen molar-refractivity contribution >= 4 is 17.5 Å². The number of nitrogens with one attached hydrogen (secondary N) is 2. The Morgan fingerprint density at radius 2 is 2.00 bits per heavy atom. The number of halogens is 3. The van der Waals surface area contributed by atoms with E-state index < -0.39 is 11.6 Å². The normalized spacial score (nSPS) is 20.6. The first-order valence-electron chi connectivity index (χ1n) is 10.8. The average Bonchev–Trinajstić information content (AvgIpc) is 3.15. The van der Waals surface area contributed by atoms with Gasteiger partial charge in [0.15, 0.2) is 11.6 Å². The van der Waals surface area contributed by atoms with Gasteiger partial charge in [0.25, 0.3) is 5.91 Å². The molecule has 2 aromatic carbocycles. The SMILES string of the molecule is Cn1ncc(Cl)c1-c1ccc(C(=O)N[C@@H]2CNC(CCO)C[C@H]2c2ccc(F)c(F)c2)cc1. The van der Waals surface area contributed by atoms with Crippen LogP contribution in [0.5, 0.6) is 0 Å². The molecular weight excluding hydrogens is 450 g/mol. The van der Waals surface area contributed by atoms with E-state index in [0.717, 1.165) is 17.3 Å². The zero-order valence-electron chi connectivity index (χ0n) is 18.1. The van der Waals surface area contributed by atoms with Crippen LogP contribution in [0.4, 0.5) is 8.78 Å². The van der Waals surface area contributed by atoms with Crippen LogP contribution in [0.3, 0.4) is 0 Å². The first-order valence-corrected chi connectivity index (χ1v) is 11.1. The minimum atomic E-state index is -0.917. The lowest BCUT2D eigenvalue weighted by Gasteiger charge is -2.38. The smallest absolute Gasteiger partial charge is 0.251 e. The van der Waals surface area contributed by atoms with Crippen molar-refractivity contribution in [1.82, 2.24) is 20.4 Å². The molecule has 0 aliphatic carbocycles. The Balaban J connectivity index is 1.53. The number of nitrogens with zero attached hydrogens (tertiary/aromatic N) is 2. The highest BCUT2D eigenvalue weighted by atomic mass is 35.5. The highest BCUT2D eigenvalue weighted by Crippen LogP contribution is 2.31. The van der Waals surface area contributed by atoms with Crippen LogP contribution in [0.2, 0.25) is 5.02 Å². The average molecular weight is 475 g/mol. The van der Waals surface area contributed by atoms with Crippen LogP contribution in [-0.4, -0.2) is 46.0 Å². The lowest BCUT2D eigenvalue weighted by atomic mass is 9.81. The van der Waals surface area contributed by atoms with Crippen molar-refractivity contribution in [2.24, 2.45) is 7.05 Å². The molecule has 33 heavy (non-hydrogen) atoms. The molecule has 9 heteroatoms. The molecule has 3 N–H and O–H groups in total. The molecule has 1 amide bonds. The number of carbonyl (C=O) groups excluding carboxylic acids is 1. The van der Waals surface area contributed by atoms with E-state index >= 15 is 0 Å². The van der Waals surface area contributed by atoms with Gasteiger partial charge < -0.3 is 15.7 Å². The zero-order chi connectivity index (χ0) is 23.5. The molecule has 3 aromatic rings. The van der Waals surface area contributed by atoms with E-state index in [1.165, 1.54) is 6.07 Å². The van der Waals surface area contributed by atoms with E-state index in [0.29, 0.717) is 35.5 Å². The summed E-state index contributed by atoms with van der Waals surface area (Å²) in [5, 5.41) is 20.3. The van der Waals surface area contributed by atoms with E-state index in [1.807, 2.05) is 0 Å². The third-order valence-corrected chi connectivity index (χ3v) is 6.41. The Morgan fingerprint density at radius 1 is 1.24 bits per heavy atom. The summed E-state index contributed by atoms with van der Waals surface area (Å²) < 4.78 is 29.1. The van der Waals surface area contributed by atoms with Gasteiger partial charge in [0, 0.05) is 49.3 Å². The number of carbonyl (C=O) groups is 1. The second-order valence-electron chi connectivity index (χ2n) is 8.26. The third kappa shape index (κ3) is 5.08. The van der Waals surface area contributed by atoms with Gasteiger partial charge in [-0.25, -0.2) is 8.78 Å². The maximum absolute atomic E-state index is 13.9. The number of piperidine rings is 1. The molecule has 0 bridgehead atoms. The monoisotopic (exact) mass is 474 g/mol. The summed E-state index contributed by atoms with van der Waals surface area (Å²) in [6.07, 6.45) is 2.68. The second-order valence-corrected chi connectivity index (χ2v) is 8.66. The predicted molar refractivity (Wildman–Crippen MR) is 122 cm³/mol. The van der Waals surface area contributed by atoms with Crippen molar-refractivity contribution in [3.63, 3.8) is 0 Å². The number of benzene rings is 2. The van der Waals surface area contributed by atoms with Gasteiger partial charge in [-0.1, -0.05) is 29.8 Å². The van der Waals surface area contributed by atoms with Crippen LogP contribution < -0.4 is 10.6 Å². The maximum Gasteiger partial charge on any atom is 0.251 e. The van der Waals surface area contributed by atoms with Crippen molar-refractivity contribution < 1.29 is 18.7 Å². The van der Waals surface area contributed by atoms with Crippen LogP contribution in [0, 0.1) is 11.6 Å². The van der Waals surface area contributed by atoms with Crippen molar-refractivity contribution in [1.29, 1.82) is 0 Å². The summed E-state index contributed by atoms with van der Waals surface area (Å²) >= 11 is 6.20. The third-order valence-electron chi connectivity index (χ3n) is 6.13. The fourth-order valence-electron chi connectivity index (χ4n) is 4.40. The predicted octanol–water partition coefficient (Wildman–Crippen LogP) is 3.65. The summed E-state index contributed by atoms with van der Waals surface area (Å²) in [5.74, 6) is -2.32. The summed E-state index contributed by atoms with van der Waals surface area (Å²) in [5.41, 5.74) is 2.68. The Hall–Kier alpha value is -2.81. The van der Waals surface area contributed by atoms with Crippen molar-refractivity contribution in [3.05, 3.63) is 76.4 Å². The van der Waals surface area contributed by atoms with Gasteiger partial charge in [-0.2, -0.15) is 5.10 Å².